The summed E-state index contributed by atoms with van der Waals surface area (Å²) in [5, 5.41) is 0.548. The van der Waals surface area contributed by atoms with Crippen LogP contribution in [0, 0.1) is 0 Å². The third-order valence-electron chi connectivity index (χ3n) is 3.49. The van der Waals surface area contributed by atoms with Gasteiger partial charge in [0.05, 0.1) is 11.6 Å². The van der Waals surface area contributed by atoms with Crippen molar-refractivity contribution in [1.29, 1.82) is 0 Å². The lowest BCUT2D eigenvalue weighted by atomic mass is 10.2. The third kappa shape index (κ3) is 4.28. The molecule has 0 aromatic carbocycles. The van der Waals surface area contributed by atoms with E-state index in [0.717, 1.165) is 0 Å². The van der Waals surface area contributed by atoms with Crippen LogP contribution in [0.5, 0.6) is 0 Å². The molecule has 0 fully saturated rings. The minimum absolute atomic E-state index is 0.0517. The van der Waals surface area contributed by atoms with Gasteiger partial charge in [0.2, 0.25) is 0 Å². The number of rotatable bonds is 4. The Kier molecular flexibility index (Phi) is 5.18. The highest BCUT2D eigenvalue weighted by Gasteiger charge is 2.37. The van der Waals surface area contributed by atoms with Crippen molar-refractivity contribution in [3.63, 3.8) is 0 Å². The average molecular weight is 320 g/mol. The third-order valence-corrected chi connectivity index (χ3v) is 8.65. The van der Waals surface area contributed by atoms with E-state index in [1.807, 2.05) is 0 Å². The van der Waals surface area contributed by atoms with E-state index in [4.69, 9.17) is 27.6 Å². The highest BCUT2D eigenvalue weighted by Crippen LogP contribution is 2.36. The topological polar surface area (TPSA) is 39.2 Å². The number of hydrogen-bond donors (Lipinski definition) is 0. The smallest absolute Gasteiger partial charge is 0.192 e. The average Bonchev–Trinajstić information content (AvgIpc) is 2.28. The second-order valence-corrected chi connectivity index (χ2v) is 11.5. The van der Waals surface area contributed by atoms with Crippen LogP contribution >= 0.6 is 23.2 Å². The maximum atomic E-state index is 12.0. The van der Waals surface area contributed by atoms with Crippen LogP contribution in [0.4, 0.5) is 0 Å². The van der Waals surface area contributed by atoms with Gasteiger partial charge < -0.3 is 4.43 Å². The second-order valence-electron chi connectivity index (χ2n) is 5.97. The van der Waals surface area contributed by atoms with Crippen molar-refractivity contribution in [3.05, 3.63) is 28.0 Å². The van der Waals surface area contributed by atoms with Crippen LogP contribution in [0.3, 0.4) is 0 Å². The molecule has 0 saturated heterocycles. The predicted octanol–water partition coefficient (Wildman–Crippen LogP) is 4.59. The number of carbonyl (C=O) groups is 1. The summed E-state index contributed by atoms with van der Waals surface area (Å²) in [6.45, 7) is 10.6. The summed E-state index contributed by atoms with van der Waals surface area (Å²) in [7, 11) is -1.93. The Hall–Kier alpha value is -0.423. The lowest BCUT2D eigenvalue weighted by Crippen LogP contribution is -2.42. The molecule has 6 heteroatoms. The molecule has 0 aliphatic carbocycles. The zero-order valence-corrected chi connectivity index (χ0v) is 14.4. The summed E-state index contributed by atoms with van der Waals surface area (Å²) in [5.41, 5.74) is 0.424. The van der Waals surface area contributed by atoms with Gasteiger partial charge in [-0.3, -0.25) is 4.79 Å². The number of carbonyl (C=O) groups excluding carboxylic acids is 1. The Balaban J connectivity index is 2.73. The van der Waals surface area contributed by atoms with Crippen molar-refractivity contribution >= 4 is 37.3 Å². The van der Waals surface area contributed by atoms with E-state index in [0.29, 0.717) is 5.56 Å². The second kappa shape index (κ2) is 5.91. The van der Waals surface area contributed by atoms with E-state index in [9.17, 15) is 4.79 Å². The molecule has 0 bridgehead atoms. The molecule has 0 unspecified atom stereocenters. The van der Waals surface area contributed by atoms with Gasteiger partial charge in [-0.1, -0.05) is 44.0 Å². The van der Waals surface area contributed by atoms with Gasteiger partial charge in [-0.2, -0.15) is 0 Å². The highest BCUT2D eigenvalue weighted by molar-refractivity contribution is 6.74. The van der Waals surface area contributed by atoms with Crippen molar-refractivity contribution in [2.45, 2.75) is 38.9 Å². The summed E-state index contributed by atoms with van der Waals surface area (Å²) in [5.74, 6) is -0.129. The van der Waals surface area contributed by atoms with Crippen LogP contribution < -0.4 is 0 Å². The van der Waals surface area contributed by atoms with Crippen LogP contribution in [0.1, 0.15) is 31.1 Å². The number of halogens is 2. The van der Waals surface area contributed by atoms with Gasteiger partial charge in [-0.05, 0) is 24.2 Å². The predicted molar refractivity (Wildman–Crippen MR) is 81.7 cm³/mol. The first-order chi connectivity index (χ1) is 8.54. The quantitative estimate of drug-likeness (QED) is 0.462. The number of pyridine rings is 1. The number of ketones is 1. The number of Topliss-reactive ketones (excluding diaryl/α,β-unsaturated/α-hetero) is 1. The van der Waals surface area contributed by atoms with Gasteiger partial charge in [-0.25, -0.2) is 4.98 Å². The summed E-state index contributed by atoms with van der Waals surface area (Å²) in [6, 6.07) is 1.52. The fourth-order valence-corrected chi connectivity index (χ4v) is 2.31. The van der Waals surface area contributed by atoms with E-state index in [1.165, 1.54) is 12.3 Å². The maximum absolute atomic E-state index is 12.0. The number of hydrogen-bond acceptors (Lipinski definition) is 3. The lowest BCUT2D eigenvalue weighted by Gasteiger charge is -2.35. The largest absolute Gasteiger partial charge is 0.409 e. The lowest BCUT2D eigenvalue weighted by molar-refractivity contribution is 0.0910. The zero-order valence-electron chi connectivity index (χ0n) is 11.9. The van der Waals surface area contributed by atoms with Gasteiger partial charge in [0, 0.05) is 11.8 Å². The van der Waals surface area contributed by atoms with E-state index in [-0.39, 0.29) is 27.6 Å². The SMILES string of the molecule is CC(C)(C)[Si](C)(C)OCC(=O)c1cnc(Cl)c(Cl)c1. The van der Waals surface area contributed by atoms with Crippen molar-refractivity contribution < 1.29 is 9.22 Å². The summed E-state index contributed by atoms with van der Waals surface area (Å²) in [4.78, 5) is 15.9. The highest BCUT2D eigenvalue weighted by atomic mass is 35.5. The molecule has 1 rings (SSSR count). The molecule has 0 radical (unpaired) electrons. The Morgan fingerprint density at radius 3 is 2.42 bits per heavy atom. The molecular weight excluding hydrogens is 301 g/mol. The summed E-state index contributed by atoms with van der Waals surface area (Å²) in [6.07, 6.45) is 1.42. The molecule has 0 spiro atoms. The standard InChI is InChI=1S/C13H19Cl2NO2Si/c1-13(2,3)19(4,5)18-8-11(17)9-6-10(14)12(15)16-7-9/h6-7H,8H2,1-5H3. The first-order valence-electron chi connectivity index (χ1n) is 6.03. The van der Waals surface area contributed by atoms with Crippen LogP contribution in [0.25, 0.3) is 0 Å². The van der Waals surface area contributed by atoms with Gasteiger partial charge >= 0.3 is 0 Å². The Morgan fingerprint density at radius 2 is 1.95 bits per heavy atom. The normalized spacial score (nSPS) is 12.6. The van der Waals surface area contributed by atoms with Gasteiger partial charge in [-0.15, -0.1) is 0 Å². The molecule has 1 aromatic rings. The van der Waals surface area contributed by atoms with Crippen LogP contribution in [-0.2, 0) is 4.43 Å². The van der Waals surface area contributed by atoms with Crippen molar-refractivity contribution in [3.8, 4) is 0 Å². The number of aromatic nitrogens is 1. The van der Waals surface area contributed by atoms with Crippen molar-refractivity contribution in [2.24, 2.45) is 0 Å². The first kappa shape index (κ1) is 16.6. The van der Waals surface area contributed by atoms with E-state index < -0.39 is 8.32 Å². The molecule has 1 aromatic heterocycles. The first-order valence-corrected chi connectivity index (χ1v) is 9.69. The molecule has 106 valence electrons. The molecule has 19 heavy (non-hydrogen) atoms. The Labute approximate surface area is 125 Å². The molecule has 0 aliphatic heterocycles. The molecule has 0 aliphatic rings. The van der Waals surface area contributed by atoms with Gasteiger partial charge in [0.1, 0.15) is 5.15 Å². The van der Waals surface area contributed by atoms with Crippen LogP contribution in [0.15, 0.2) is 12.3 Å². The fourth-order valence-electron chi connectivity index (χ4n) is 1.12. The van der Waals surface area contributed by atoms with Gasteiger partial charge in [0.25, 0.3) is 0 Å². The molecular formula is C13H19Cl2NO2Si. The van der Waals surface area contributed by atoms with E-state index in [2.05, 4.69) is 38.8 Å². The molecule has 1 heterocycles. The molecule has 0 atom stereocenters. The monoisotopic (exact) mass is 319 g/mol. The van der Waals surface area contributed by atoms with Crippen molar-refractivity contribution in [1.82, 2.24) is 4.98 Å². The van der Waals surface area contributed by atoms with Crippen molar-refractivity contribution in [2.75, 3.05) is 6.61 Å². The van der Waals surface area contributed by atoms with Gasteiger partial charge in [0.15, 0.2) is 14.1 Å². The number of nitrogens with zero attached hydrogens (tertiary/aromatic N) is 1. The Bertz CT molecular complexity index is 484. The molecule has 0 saturated carbocycles. The summed E-state index contributed by atoms with van der Waals surface area (Å²) >= 11 is 11.6. The minimum Gasteiger partial charge on any atom is -0.409 e. The fraction of sp³-hybridized carbons (Fsp3) is 0.538. The Morgan fingerprint density at radius 1 is 1.37 bits per heavy atom. The van der Waals surface area contributed by atoms with E-state index in [1.54, 1.807) is 0 Å². The molecule has 3 nitrogen and oxygen atoms in total. The van der Waals surface area contributed by atoms with Crippen LogP contribution in [0.2, 0.25) is 28.3 Å². The minimum atomic E-state index is -1.93. The molecule has 0 N–H and O–H groups in total. The van der Waals surface area contributed by atoms with Crippen LogP contribution in [-0.4, -0.2) is 25.7 Å². The van der Waals surface area contributed by atoms with E-state index >= 15 is 0 Å². The zero-order chi connectivity index (χ0) is 14.8. The maximum Gasteiger partial charge on any atom is 0.192 e. The summed E-state index contributed by atoms with van der Waals surface area (Å²) < 4.78 is 5.87. The molecule has 0 amide bonds.